The van der Waals surface area contributed by atoms with E-state index in [-0.39, 0.29) is 46.0 Å². The molecule has 0 unspecified atom stereocenters. The van der Waals surface area contributed by atoms with E-state index in [1.165, 1.54) is 12.1 Å². The van der Waals surface area contributed by atoms with Crippen molar-refractivity contribution < 1.29 is 14.6 Å². The van der Waals surface area contributed by atoms with Gasteiger partial charge in [-0.05, 0) is 36.4 Å². The van der Waals surface area contributed by atoms with Crippen LogP contribution >= 0.6 is 0 Å². The molecule has 0 amide bonds. The van der Waals surface area contributed by atoms with Crippen molar-refractivity contribution in [1.29, 1.82) is 0 Å². The van der Waals surface area contributed by atoms with Crippen molar-refractivity contribution in [3.8, 4) is 11.5 Å². The average Bonchev–Trinajstić information content (AvgIpc) is 3.91. The van der Waals surface area contributed by atoms with Crippen LogP contribution in [0.1, 0.15) is 0 Å². The molecule has 0 atom stereocenters. The number of para-hydroxylation sites is 4. The smallest absolute Gasteiger partial charge is 0.363 e. The second-order valence-electron chi connectivity index (χ2n) is 12.4. The quantitative estimate of drug-likeness (QED) is 0.171. The zero-order valence-corrected chi connectivity index (χ0v) is 26.8. The van der Waals surface area contributed by atoms with Gasteiger partial charge in [-0.15, -0.1) is 10.2 Å². The van der Waals surface area contributed by atoms with Crippen LogP contribution in [0.3, 0.4) is 0 Å². The van der Waals surface area contributed by atoms with E-state index >= 15 is 0 Å². The van der Waals surface area contributed by atoms with Crippen molar-refractivity contribution in [3.63, 3.8) is 0 Å². The van der Waals surface area contributed by atoms with Crippen molar-refractivity contribution in [2.75, 3.05) is 0 Å². The van der Waals surface area contributed by atoms with Gasteiger partial charge in [-0.25, -0.2) is 9.97 Å². The molecule has 0 saturated carbocycles. The van der Waals surface area contributed by atoms with E-state index in [2.05, 4.69) is 30.7 Å². The molecule has 15 nitrogen and oxygen atoms in total. The van der Waals surface area contributed by atoms with Crippen LogP contribution in [0.15, 0.2) is 132 Å². The number of nitrogens with zero attached hydrogens (tertiary/aromatic N) is 10. The van der Waals surface area contributed by atoms with Gasteiger partial charge in [-0.1, -0.05) is 81.1 Å². The van der Waals surface area contributed by atoms with Gasteiger partial charge in [-0.3, -0.25) is 18.4 Å². The Labute approximate surface area is 292 Å². The molecule has 11 rings (SSSR count). The number of hydrogen-bond acceptors (Lipinski definition) is 13. The zero-order chi connectivity index (χ0) is 35.5. The van der Waals surface area contributed by atoms with Gasteiger partial charge in [0.1, 0.15) is 34.2 Å². The molecule has 0 aliphatic heterocycles. The standard InChI is InChI=1S/C38H18N10O5/c49-27-15-21-29-17(7-5-9-19(29)33-39-23-11-1-3-13-25(23)47(33)35(21)51)31(27)41-43-37-45-46-38(53-37)44-42-32-18-8-6-10-20-30(18)22(16-28(32)50)36(52)48-26-14-4-2-12-24(26)40-34(20)48/h1-16,49-50H. The molecule has 0 fully saturated rings. The Balaban J connectivity index is 0.981. The number of fused-ring (bicyclic) bond motifs is 8. The highest BCUT2D eigenvalue weighted by molar-refractivity contribution is 6.20. The monoisotopic (exact) mass is 694 g/mol. The number of azo groups is 2. The van der Waals surface area contributed by atoms with Crippen LogP contribution in [0.5, 0.6) is 11.5 Å². The minimum absolute atomic E-state index is 0.0844. The Morgan fingerprint density at radius 1 is 0.509 bits per heavy atom. The van der Waals surface area contributed by atoms with Gasteiger partial charge in [0.05, 0.1) is 32.8 Å². The van der Waals surface area contributed by atoms with Crippen molar-refractivity contribution in [2.45, 2.75) is 0 Å². The third-order valence-electron chi connectivity index (χ3n) is 9.57. The number of hydrogen-bond donors (Lipinski definition) is 2. The van der Waals surface area contributed by atoms with E-state index in [4.69, 9.17) is 14.4 Å². The highest BCUT2D eigenvalue weighted by Gasteiger charge is 2.22. The number of rotatable bonds is 4. The molecule has 2 N–H and O–H groups in total. The first kappa shape index (κ1) is 28.9. The number of imidazole rings is 2. The zero-order valence-electron chi connectivity index (χ0n) is 26.8. The molecule has 6 aromatic carbocycles. The number of benzene rings is 6. The Hall–Kier alpha value is -7.94. The maximum atomic E-state index is 13.7. The second-order valence-corrected chi connectivity index (χ2v) is 12.4. The number of phenolic OH excluding ortho intramolecular Hbond substituents is 2. The molecule has 0 aliphatic carbocycles. The van der Waals surface area contributed by atoms with E-state index in [9.17, 15) is 19.8 Å². The summed E-state index contributed by atoms with van der Waals surface area (Å²) in [6.07, 6.45) is 0. The summed E-state index contributed by atoms with van der Waals surface area (Å²) < 4.78 is 8.63. The van der Waals surface area contributed by atoms with Gasteiger partial charge >= 0.3 is 12.0 Å². The summed E-state index contributed by atoms with van der Waals surface area (Å²) in [6, 6.07) is 27.6. The fourth-order valence-corrected chi connectivity index (χ4v) is 7.37. The van der Waals surface area contributed by atoms with Gasteiger partial charge in [-0.2, -0.15) is 0 Å². The lowest BCUT2D eigenvalue weighted by atomic mass is 10.0. The maximum absolute atomic E-state index is 13.7. The van der Waals surface area contributed by atoms with Gasteiger partial charge in [0, 0.05) is 32.3 Å². The third kappa shape index (κ3) is 3.92. The third-order valence-corrected chi connectivity index (χ3v) is 9.57. The maximum Gasteiger partial charge on any atom is 0.363 e. The summed E-state index contributed by atoms with van der Waals surface area (Å²) in [7, 11) is 0. The van der Waals surface area contributed by atoms with E-state index < -0.39 is 0 Å². The predicted molar refractivity (Wildman–Crippen MR) is 196 cm³/mol. The molecule has 250 valence electrons. The summed E-state index contributed by atoms with van der Waals surface area (Å²) in [5, 5.41) is 50.5. The number of phenols is 2. The normalized spacial score (nSPS) is 12.7. The fourth-order valence-electron chi connectivity index (χ4n) is 7.37. The minimum Gasteiger partial charge on any atom is -0.506 e. The van der Waals surface area contributed by atoms with E-state index in [0.29, 0.717) is 76.5 Å². The number of aromatic nitrogens is 6. The Kier molecular flexibility index (Phi) is 5.61. The van der Waals surface area contributed by atoms with Crippen molar-refractivity contribution in [1.82, 2.24) is 29.0 Å². The van der Waals surface area contributed by atoms with Crippen LogP contribution in [0.25, 0.3) is 76.5 Å². The molecule has 5 aromatic heterocycles. The lowest BCUT2D eigenvalue weighted by molar-refractivity contribution is 0.477. The summed E-state index contributed by atoms with van der Waals surface area (Å²) in [5.41, 5.74) is 3.18. The van der Waals surface area contributed by atoms with Crippen LogP contribution in [0.2, 0.25) is 0 Å². The first-order valence-corrected chi connectivity index (χ1v) is 16.2. The first-order valence-electron chi connectivity index (χ1n) is 16.2. The molecular formula is C38H18N10O5. The van der Waals surface area contributed by atoms with Gasteiger partial charge in [0.25, 0.3) is 11.1 Å². The average molecular weight is 695 g/mol. The Morgan fingerprint density at radius 2 is 0.943 bits per heavy atom. The molecule has 0 aliphatic rings. The van der Waals surface area contributed by atoms with Crippen LogP contribution in [0, 0.1) is 0 Å². The summed E-state index contributed by atoms with van der Waals surface area (Å²) in [6.45, 7) is 0. The molecule has 0 radical (unpaired) electrons. The molecular weight excluding hydrogens is 676 g/mol. The van der Waals surface area contributed by atoms with Crippen molar-refractivity contribution in [2.24, 2.45) is 20.5 Å². The lowest BCUT2D eigenvalue weighted by Crippen LogP contribution is -2.13. The largest absolute Gasteiger partial charge is 0.506 e. The lowest BCUT2D eigenvalue weighted by Gasteiger charge is -2.10. The first-order chi connectivity index (χ1) is 25.9. The second kappa shape index (κ2) is 10.3. The van der Waals surface area contributed by atoms with Gasteiger partial charge < -0.3 is 14.6 Å². The van der Waals surface area contributed by atoms with Gasteiger partial charge in [0.2, 0.25) is 0 Å². The number of pyridine rings is 2. The predicted octanol–water partition coefficient (Wildman–Crippen LogP) is 8.12. The topological polar surface area (TPSA) is 198 Å². The van der Waals surface area contributed by atoms with E-state index in [1.807, 2.05) is 60.7 Å². The van der Waals surface area contributed by atoms with Gasteiger partial charge in [0.15, 0.2) is 0 Å². The molecule has 15 heteroatoms. The highest BCUT2D eigenvalue weighted by atomic mass is 16.4. The summed E-state index contributed by atoms with van der Waals surface area (Å²) in [5.74, 6) is -0.553. The molecule has 0 saturated heterocycles. The summed E-state index contributed by atoms with van der Waals surface area (Å²) in [4.78, 5) is 36.8. The highest BCUT2D eigenvalue weighted by Crippen LogP contribution is 2.43. The van der Waals surface area contributed by atoms with Crippen LogP contribution in [-0.2, 0) is 0 Å². The number of aromatic hydroxyl groups is 2. The summed E-state index contributed by atoms with van der Waals surface area (Å²) >= 11 is 0. The molecule has 53 heavy (non-hydrogen) atoms. The Morgan fingerprint density at radius 3 is 1.42 bits per heavy atom. The van der Waals surface area contributed by atoms with Crippen molar-refractivity contribution in [3.05, 3.63) is 118 Å². The molecule has 11 aromatic rings. The van der Waals surface area contributed by atoms with Crippen LogP contribution in [0.4, 0.5) is 23.4 Å². The molecule has 0 spiro atoms. The SMILES string of the molecule is O=c1c2cc(O)c(N=Nc3nnc(N=Nc4c(O)cc5c(=O)n6c7ccccc7nc6c6cccc4c56)o3)c3cccc(c32)c2nc3ccccc3n12. The fraction of sp³-hybridized carbons (Fsp3) is 0. The van der Waals surface area contributed by atoms with E-state index in [0.717, 1.165) is 0 Å². The molecule has 0 bridgehead atoms. The van der Waals surface area contributed by atoms with Crippen LogP contribution in [-0.4, -0.2) is 39.2 Å². The minimum atomic E-state index is -0.323. The van der Waals surface area contributed by atoms with Crippen LogP contribution < -0.4 is 11.1 Å². The van der Waals surface area contributed by atoms with E-state index in [1.54, 1.807) is 33.1 Å². The van der Waals surface area contributed by atoms with Crippen molar-refractivity contribution >= 4 is 99.9 Å². The Bertz CT molecular complexity index is 3320. The molecule has 5 heterocycles.